The van der Waals surface area contributed by atoms with Gasteiger partial charge in [-0.05, 0) is 36.8 Å². The molecule has 0 saturated carbocycles. The molecule has 3 heteroatoms. The highest BCUT2D eigenvalue weighted by Crippen LogP contribution is 2.24. The number of hydrogen-bond donors (Lipinski definition) is 2. The summed E-state index contributed by atoms with van der Waals surface area (Å²) >= 11 is 0. The minimum atomic E-state index is 0.571. The molecule has 0 saturated heterocycles. The third kappa shape index (κ3) is 5.28. The normalized spacial score (nSPS) is 10.3. The molecule has 0 heterocycles. The molecule has 0 atom stereocenters. The third-order valence-electron chi connectivity index (χ3n) is 3.95. The molecular formula is C22H24N2O. The van der Waals surface area contributed by atoms with Crippen LogP contribution < -0.4 is 15.4 Å². The fourth-order valence-corrected chi connectivity index (χ4v) is 2.55. The Morgan fingerprint density at radius 3 is 2.20 bits per heavy atom. The summed E-state index contributed by atoms with van der Waals surface area (Å²) in [5.41, 5.74) is 4.59. The Hall–Kier alpha value is -2.94. The monoisotopic (exact) mass is 332 g/mol. The van der Waals surface area contributed by atoms with Gasteiger partial charge in [-0.15, -0.1) is 0 Å². The number of rotatable bonds is 8. The smallest absolute Gasteiger partial charge is 0.142 e. The van der Waals surface area contributed by atoms with Crippen LogP contribution in [0.1, 0.15) is 11.1 Å². The number of nitrogens with one attached hydrogen (secondary N) is 2. The summed E-state index contributed by atoms with van der Waals surface area (Å²) in [5.74, 6) is 0.877. The van der Waals surface area contributed by atoms with Gasteiger partial charge in [0.2, 0.25) is 0 Å². The van der Waals surface area contributed by atoms with Gasteiger partial charge in [-0.1, -0.05) is 60.2 Å². The van der Waals surface area contributed by atoms with Crippen LogP contribution in [0.5, 0.6) is 5.75 Å². The number of hydrogen-bond acceptors (Lipinski definition) is 3. The van der Waals surface area contributed by atoms with E-state index in [1.807, 2.05) is 42.5 Å². The predicted octanol–water partition coefficient (Wildman–Crippen LogP) is 5.10. The molecule has 0 bridgehead atoms. The summed E-state index contributed by atoms with van der Waals surface area (Å²) in [6.45, 7) is 4.33. The molecule has 3 nitrogen and oxygen atoms in total. The molecule has 0 amide bonds. The Morgan fingerprint density at radius 1 is 0.720 bits per heavy atom. The maximum absolute atomic E-state index is 5.97. The van der Waals surface area contributed by atoms with Crippen LogP contribution >= 0.6 is 0 Å². The van der Waals surface area contributed by atoms with Crippen molar-refractivity contribution in [2.45, 2.75) is 13.5 Å². The van der Waals surface area contributed by atoms with E-state index in [0.29, 0.717) is 6.61 Å². The lowest BCUT2D eigenvalue weighted by Crippen LogP contribution is -2.14. The van der Waals surface area contributed by atoms with E-state index in [-0.39, 0.29) is 0 Å². The Kier molecular flexibility index (Phi) is 5.94. The van der Waals surface area contributed by atoms with Gasteiger partial charge in [0.1, 0.15) is 12.4 Å². The molecule has 0 aliphatic carbocycles. The maximum Gasteiger partial charge on any atom is 0.142 e. The molecule has 0 radical (unpaired) electrons. The molecular weight excluding hydrogens is 308 g/mol. The molecule has 3 aromatic rings. The summed E-state index contributed by atoms with van der Waals surface area (Å²) in [4.78, 5) is 0. The second-order valence-corrected chi connectivity index (χ2v) is 5.99. The molecule has 25 heavy (non-hydrogen) atoms. The van der Waals surface area contributed by atoms with Gasteiger partial charge in [0.05, 0.1) is 5.69 Å². The lowest BCUT2D eigenvalue weighted by molar-refractivity contribution is 0.307. The van der Waals surface area contributed by atoms with Crippen molar-refractivity contribution in [1.29, 1.82) is 0 Å². The maximum atomic E-state index is 5.97. The van der Waals surface area contributed by atoms with E-state index < -0.39 is 0 Å². The summed E-state index contributed by atoms with van der Waals surface area (Å²) in [5, 5.41) is 6.86. The van der Waals surface area contributed by atoms with Gasteiger partial charge >= 0.3 is 0 Å². The van der Waals surface area contributed by atoms with Crippen molar-refractivity contribution in [2.24, 2.45) is 0 Å². The SMILES string of the molecule is Cc1ccc(NCCNc2ccccc2OCc2ccccc2)cc1. The Morgan fingerprint density at radius 2 is 1.40 bits per heavy atom. The Balaban J connectivity index is 1.49. The minimum absolute atomic E-state index is 0.571. The van der Waals surface area contributed by atoms with Gasteiger partial charge < -0.3 is 15.4 Å². The van der Waals surface area contributed by atoms with Gasteiger partial charge in [-0.25, -0.2) is 0 Å². The third-order valence-corrected chi connectivity index (χ3v) is 3.95. The zero-order chi connectivity index (χ0) is 17.3. The van der Waals surface area contributed by atoms with Gasteiger partial charge in [-0.2, -0.15) is 0 Å². The average molecular weight is 332 g/mol. The quantitative estimate of drug-likeness (QED) is 0.563. The predicted molar refractivity (Wildman–Crippen MR) is 105 cm³/mol. The van der Waals surface area contributed by atoms with Crippen molar-refractivity contribution in [3.05, 3.63) is 90.0 Å². The van der Waals surface area contributed by atoms with Gasteiger partial charge in [0, 0.05) is 18.8 Å². The lowest BCUT2D eigenvalue weighted by Gasteiger charge is -2.14. The Labute approximate surface area is 149 Å². The molecule has 2 N–H and O–H groups in total. The molecule has 0 aliphatic heterocycles. The summed E-state index contributed by atoms with van der Waals surface area (Å²) in [6, 6.07) is 26.7. The highest BCUT2D eigenvalue weighted by molar-refractivity contribution is 5.56. The van der Waals surface area contributed by atoms with Crippen molar-refractivity contribution in [3.8, 4) is 5.75 Å². The van der Waals surface area contributed by atoms with Crippen LogP contribution in [0.3, 0.4) is 0 Å². The number of aryl methyl sites for hydroxylation is 1. The number of para-hydroxylation sites is 2. The van der Waals surface area contributed by atoms with E-state index in [4.69, 9.17) is 4.74 Å². The van der Waals surface area contributed by atoms with E-state index in [1.54, 1.807) is 0 Å². The average Bonchev–Trinajstić information content (AvgIpc) is 2.66. The van der Waals surface area contributed by atoms with Crippen LogP contribution in [0.4, 0.5) is 11.4 Å². The Bertz CT molecular complexity index is 770. The number of benzene rings is 3. The van der Waals surface area contributed by atoms with Crippen LogP contribution in [0.15, 0.2) is 78.9 Å². The first-order valence-electron chi connectivity index (χ1n) is 8.61. The van der Waals surface area contributed by atoms with E-state index in [2.05, 4.69) is 54.0 Å². The van der Waals surface area contributed by atoms with E-state index in [1.165, 1.54) is 11.1 Å². The van der Waals surface area contributed by atoms with Crippen molar-refractivity contribution < 1.29 is 4.74 Å². The molecule has 0 aliphatic rings. The molecule has 3 rings (SSSR count). The molecule has 0 unspecified atom stereocenters. The summed E-state index contributed by atoms with van der Waals surface area (Å²) < 4.78 is 5.97. The zero-order valence-corrected chi connectivity index (χ0v) is 14.5. The van der Waals surface area contributed by atoms with Crippen LogP contribution in [0, 0.1) is 6.92 Å². The van der Waals surface area contributed by atoms with Crippen LogP contribution in [0.25, 0.3) is 0 Å². The summed E-state index contributed by atoms with van der Waals surface area (Å²) in [6.07, 6.45) is 0. The topological polar surface area (TPSA) is 33.3 Å². The van der Waals surface area contributed by atoms with Gasteiger partial charge in [0.25, 0.3) is 0 Å². The second-order valence-electron chi connectivity index (χ2n) is 5.99. The first kappa shape index (κ1) is 16.9. The molecule has 0 spiro atoms. The number of ether oxygens (including phenoxy) is 1. The van der Waals surface area contributed by atoms with E-state index >= 15 is 0 Å². The first-order valence-corrected chi connectivity index (χ1v) is 8.61. The lowest BCUT2D eigenvalue weighted by atomic mass is 10.2. The van der Waals surface area contributed by atoms with Crippen molar-refractivity contribution in [2.75, 3.05) is 23.7 Å². The molecule has 3 aromatic carbocycles. The fourth-order valence-electron chi connectivity index (χ4n) is 2.55. The van der Waals surface area contributed by atoms with E-state index in [9.17, 15) is 0 Å². The van der Waals surface area contributed by atoms with Crippen molar-refractivity contribution >= 4 is 11.4 Å². The molecule has 128 valence electrons. The molecule has 0 fully saturated rings. The second kappa shape index (κ2) is 8.78. The van der Waals surface area contributed by atoms with Crippen molar-refractivity contribution in [1.82, 2.24) is 0 Å². The minimum Gasteiger partial charge on any atom is -0.487 e. The van der Waals surface area contributed by atoms with Crippen LogP contribution in [0.2, 0.25) is 0 Å². The van der Waals surface area contributed by atoms with Gasteiger partial charge in [0.15, 0.2) is 0 Å². The van der Waals surface area contributed by atoms with E-state index in [0.717, 1.165) is 30.2 Å². The molecule has 0 aromatic heterocycles. The highest BCUT2D eigenvalue weighted by atomic mass is 16.5. The summed E-state index contributed by atoms with van der Waals surface area (Å²) in [7, 11) is 0. The first-order chi connectivity index (χ1) is 12.3. The fraction of sp³-hybridized carbons (Fsp3) is 0.182. The largest absolute Gasteiger partial charge is 0.487 e. The van der Waals surface area contributed by atoms with Crippen molar-refractivity contribution in [3.63, 3.8) is 0 Å². The van der Waals surface area contributed by atoms with Crippen LogP contribution in [-0.4, -0.2) is 13.1 Å². The number of anilines is 2. The van der Waals surface area contributed by atoms with Gasteiger partial charge in [-0.3, -0.25) is 0 Å². The van der Waals surface area contributed by atoms with Crippen LogP contribution in [-0.2, 0) is 6.61 Å². The highest BCUT2D eigenvalue weighted by Gasteiger charge is 2.02. The standard InChI is InChI=1S/C22H24N2O/c1-18-11-13-20(14-12-18)23-15-16-24-21-9-5-6-10-22(21)25-17-19-7-3-2-4-8-19/h2-14,23-24H,15-17H2,1H3. The zero-order valence-electron chi connectivity index (χ0n) is 14.5.